The van der Waals surface area contributed by atoms with Crippen LogP contribution in [0.5, 0.6) is 0 Å². The smallest absolute Gasteiger partial charge is 0.321 e. The van der Waals surface area contributed by atoms with E-state index in [1.165, 1.54) is 89.9 Å². The Morgan fingerprint density at radius 1 is 0.741 bits per heavy atom. The Balaban J connectivity index is 4.35. The highest BCUT2D eigenvalue weighted by Crippen LogP contribution is 2.29. The molecule has 1 N–H and O–H groups in total. The average Bonchev–Trinajstić information content (AvgIpc) is 2.62. The molecule has 0 aromatic heterocycles. The van der Waals surface area contributed by atoms with Crippen molar-refractivity contribution in [1.82, 2.24) is 4.90 Å². The summed E-state index contributed by atoms with van der Waals surface area (Å²) in [5.41, 5.74) is 0. The first kappa shape index (κ1) is 26.4. The number of unbranched alkanes of at least 4 members (excludes halogenated alkanes) is 11. The minimum Gasteiger partial charge on any atom is -0.480 e. The summed E-state index contributed by atoms with van der Waals surface area (Å²) in [7, 11) is 3.85. The van der Waals surface area contributed by atoms with Gasteiger partial charge in [0.1, 0.15) is 6.04 Å². The summed E-state index contributed by atoms with van der Waals surface area (Å²) in [5.74, 6) is 0.101. The Morgan fingerprint density at radius 3 is 1.59 bits per heavy atom. The van der Waals surface area contributed by atoms with E-state index in [0.29, 0.717) is 5.92 Å². The van der Waals surface area contributed by atoms with E-state index in [1.807, 2.05) is 19.0 Å². The molecule has 0 aliphatic heterocycles. The quantitative estimate of drug-likeness (QED) is 0.241. The number of carbonyl (C=O) groups is 1. The minimum absolute atomic E-state index is 0.267. The molecule has 3 atom stereocenters. The van der Waals surface area contributed by atoms with Gasteiger partial charge in [0.2, 0.25) is 0 Å². The van der Waals surface area contributed by atoms with E-state index in [4.69, 9.17) is 0 Å². The summed E-state index contributed by atoms with van der Waals surface area (Å²) in [6.07, 6.45) is 19.2. The van der Waals surface area contributed by atoms with Crippen LogP contribution in [0.15, 0.2) is 0 Å². The number of hydrogen-bond acceptors (Lipinski definition) is 2. The Kier molecular flexibility index (Phi) is 17.2. The van der Waals surface area contributed by atoms with Crippen LogP contribution in [-0.2, 0) is 4.79 Å². The molecule has 3 heteroatoms. The first-order valence-electron chi connectivity index (χ1n) is 11.8. The molecule has 0 spiro atoms. The van der Waals surface area contributed by atoms with Gasteiger partial charge in [0, 0.05) is 0 Å². The molecular weight excluding hydrogens is 334 g/mol. The molecule has 0 aliphatic rings. The summed E-state index contributed by atoms with van der Waals surface area (Å²) in [4.78, 5) is 13.8. The van der Waals surface area contributed by atoms with Gasteiger partial charge in [0.25, 0.3) is 0 Å². The van der Waals surface area contributed by atoms with Crippen molar-refractivity contribution in [2.45, 2.75) is 123 Å². The number of carboxylic acid groups (broad SMARTS) is 1. The summed E-state index contributed by atoms with van der Waals surface area (Å²) in [5, 5.41) is 9.77. The molecule has 0 rings (SSSR count). The van der Waals surface area contributed by atoms with Crippen molar-refractivity contribution in [3.05, 3.63) is 0 Å². The summed E-state index contributed by atoms with van der Waals surface area (Å²) in [6.45, 7) is 6.78. The Hall–Kier alpha value is -0.570. The third-order valence-electron chi connectivity index (χ3n) is 6.10. The van der Waals surface area contributed by atoms with E-state index in [2.05, 4.69) is 20.8 Å². The van der Waals surface area contributed by atoms with E-state index in [-0.39, 0.29) is 12.0 Å². The van der Waals surface area contributed by atoms with Gasteiger partial charge in [-0.25, -0.2) is 0 Å². The lowest BCUT2D eigenvalue weighted by Gasteiger charge is -2.33. The van der Waals surface area contributed by atoms with Crippen LogP contribution in [0.1, 0.15) is 117 Å². The van der Waals surface area contributed by atoms with E-state index >= 15 is 0 Å². The van der Waals surface area contributed by atoms with Crippen LogP contribution >= 0.6 is 0 Å². The second-order valence-corrected chi connectivity index (χ2v) is 8.85. The lowest BCUT2D eigenvalue weighted by atomic mass is 9.79. The molecule has 162 valence electrons. The molecule has 0 fully saturated rings. The van der Waals surface area contributed by atoms with Crippen molar-refractivity contribution in [3.63, 3.8) is 0 Å². The molecule has 0 aliphatic carbocycles. The molecule has 3 nitrogen and oxygen atoms in total. The monoisotopic (exact) mass is 383 g/mol. The van der Waals surface area contributed by atoms with E-state index < -0.39 is 5.97 Å². The molecule has 0 amide bonds. The van der Waals surface area contributed by atoms with Gasteiger partial charge >= 0.3 is 5.97 Å². The lowest BCUT2D eigenvalue weighted by Crippen LogP contribution is -2.44. The van der Waals surface area contributed by atoms with Crippen LogP contribution in [0, 0.1) is 11.8 Å². The molecule has 0 aromatic carbocycles. The molecule has 27 heavy (non-hydrogen) atoms. The van der Waals surface area contributed by atoms with Gasteiger partial charge in [-0.3, -0.25) is 9.69 Å². The predicted octanol–water partition coefficient (Wildman–Crippen LogP) is 7.14. The SMILES string of the molecule is CCCCCCCCCCCC(C(C)CCCCCC)C(C(=O)O)N(C)C. The maximum atomic E-state index is 11.9. The molecule has 0 radical (unpaired) electrons. The minimum atomic E-state index is -0.652. The van der Waals surface area contributed by atoms with Gasteiger partial charge in [-0.15, -0.1) is 0 Å². The summed E-state index contributed by atoms with van der Waals surface area (Å²) < 4.78 is 0. The molecule has 0 saturated carbocycles. The van der Waals surface area contributed by atoms with Gasteiger partial charge in [0.15, 0.2) is 0 Å². The van der Waals surface area contributed by atoms with Gasteiger partial charge in [0.05, 0.1) is 0 Å². The van der Waals surface area contributed by atoms with Crippen LogP contribution < -0.4 is 0 Å². The number of nitrogens with zero attached hydrogens (tertiary/aromatic N) is 1. The summed E-state index contributed by atoms with van der Waals surface area (Å²) >= 11 is 0. The van der Waals surface area contributed by atoms with E-state index in [0.717, 1.165) is 6.42 Å². The molecule has 0 aromatic rings. The highest BCUT2D eigenvalue weighted by atomic mass is 16.4. The topological polar surface area (TPSA) is 40.5 Å². The van der Waals surface area contributed by atoms with Gasteiger partial charge in [-0.1, -0.05) is 111 Å². The second-order valence-electron chi connectivity index (χ2n) is 8.85. The number of carboxylic acids is 1. The van der Waals surface area contributed by atoms with Crippen molar-refractivity contribution < 1.29 is 9.90 Å². The van der Waals surface area contributed by atoms with Crippen molar-refractivity contribution in [1.29, 1.82) is 0 Å². The van der Waals surface area contributed by atoms with Crippen LogP contribution in [-0.4, -0.2) is 36.1 Å². The predicted molar refractivity (Wildman–Crippen MR) is 118 cm³/mol. The normalized spacial score (nSPS) is 15.0. The lowest BCUT2D eigenvalue weighted by molar-refractivity contribution is -0.145. The fourth-order valence-electron chi connectivity index (χ4n) is 4.34. The van der Waals surface area contributed by atoms with E-state index in [9.17, 15) is 9.90 Å². The average molecular weight is 384 g/mol. The van der Waals surface area contributed by atoms with E-state index in [1.54, 1.807) is 0 Å². The zero-order valence-electron chi connectivity index (χ0n) is 19.1. The zero-order valence-corrected chi connectivity index (χ0v) is 19.1. The van der Waals surface area contributed by atoms with Crippen molar-refractivity contribution in [3.8, 4) is 0 Å². The maximum absolute atomic E-state index is 11.9. The standard InChI is InChI=1S/C24H49NO2/c1-6-8-10-12-13-14-15-16-18-20-22(23(24(26)27)25(4)5)21(3)19-17-11-9-7-2/h21-23H,6-20H2,1-5H3,(H,26,27). The molecule has 0 bridgehead atoms. The van der Waals surface area contributed by atoms with Crippen LogP contribution in [0.2, 0.25) is 0 Å². The Bertz CT molecular complexity index is 343. The molecule has 0 heterocycles. The van der Waals surface area contributed by atoms with Crippen LogP contribution in [0.4, 0.5) is 0 Å². The fourth-order valence-corrected chi connectivity index (χ4v) is 4.34. The first-order valence-corrected chi connectivity index (χ1v) is 11.8. The van der Waals surface area contributed by atoms with Crippen LogP contribution in [0.3, 0.4) is 0 Å². The summed E-state index contributed by atoms with van der Waals surface area (Å²) in [6, 6.07) is -0.347. The zero-order chi connectivity index (χ0) is 20.5. The number of rotatable bonds is 19. The van der Waals surface area contributed by atoms with Crippen molar-refractivity contribution in [2.24, 2.45) is 11.8 Å². The number of likely N-dealkylation sites (N-methyl/N-ethyl adjacent to an activating group) is 1. The Labute approximate surface area is 170 Å². The Morgan fingerprint density at radius 2 is 1.15 bits per heavy atom. The third kappa shape index (κ3) is 13.3. The van der Waals surface area contributed by atoms with Gasteiger partial charge < -0.3 is 5.11 Å². The third-order valence-corrected chi connectivity index (χ3v) is 6.10. The first-order chi connectivity index (χ1) is 13.0. The van der Waals surface area contributed by atoms with Crippen molar-refractivity contribution >= 4 is 5.97 Å². The number of aliphatic carboxylic acids is 1. The molecule has 0 saturated heterocycles. The molecular formula is C24H49NO2. The largest absolute Gasteiger partial charge is 0.480 e. The van der Waals surface area contributed by atoms with Gasteiger partial charge in [-0.2, -0.15) is 0 Å². The van der Waals surface area contributed by atoms with Gasteiger partial charge in [-0.05, 0) is 32.4 Å². The molecule has 3 unspecified atom stereocenters. The number of hydrogen-bond donors (Lipinski definition) is 1. The highest BCUT2D eigenvalue weighted by Gasteiger charge is 2.33. The van der Waals surface area contributed by atoms with Crippen LogP contribution in [0.25, 0.3) is 0 Å². The highest BCUT2D eigenvalue weighted by molar-refractivity contribution is 5.73. The van der Waals surface area contributed by atoms with Crippen molar-refractivity contribution in [2.75, 3.05) is 14.1 Å². The maximum Gasteiger partial charge on any atom is 0.321 e. The second kappa shape index (κ2) is 17.5. The fraction of sp³-hybridized carbons (Fsp3) is 0.958.